The third kappa shape index (κ3) is 4.18. The van der Waals surface area contributed by atoms with Gasteiger partial charge >= 0.3 is 0 Å². The van der Waals surface area contributed by atoms with Gasteiger partial charge in [0.15, 0.2) is 0 Å². The molecule has 0 spiro atoms. The summed E-state index contributed by atoms with van der Waals surface area (Å²) in [5, 5.41) is 14.0. The highest BCUT2D eigenvalue weighted by Gasteiger charge is 2.12. The minimum absolute atomic E-state index is 0.483. The highest BCUT2D eigenvalue weighted by Crippen LogP contribution is 2.27. The minimum Gasteiger partial charge on any atom is -0.338 e. The maximum Gasteiger partial charge on any atom is 0.237 e. The first-order chi connectivity index (χ1) is 13.2. The molecule has 0 saturated carbocycles. The number of thioether (sulfide) groups is 1. The summed E-state index contributed by atoms with van der Waals surface area (Å²) in [6, 6.07) is 19.5. The van der Waals surface area contributed by atoms with Gasteiger partial charge in [0.2, 0.25) is 11.7 Å². The Balaban J connectivity index is 1.42. The van der Waals surface area contributed by atoms with Crippen molar-refractivity contribution in [2.75, 3.05) is 0 Å². The van der Waals surface area contributed by atoms with Crippen LogP contribution in [0.4, 0.5) is 0 Å². The topological polar surface area (TPSA) is 64.7 Å². The Hall–Kier alpha value is -2.70. The maximum absolute atomic E-state index is 6.17. The first kappa shape index (κ1) is 17.7. The van der Waals surface area contributed by atoms with Gasteiger partial charge in [-0.15, -0.1) is 10.2 Å². The number of rotatable bonds is 5. The molecule has 4 rings (SSSR count). The molecule has 0 aliphatic rings. The molecule has 4 aromatic rings. The van der Waals surface area contributed by atoms with Crippen LogP contribution in [-0.4, -0.2) is 20.3 Å². The summed E-state index contributed by atoms with van der Waals surface area (Å²) in [6.07, 6.45) is 0. The van der Waals surface area contributed by atoms with E-state index in [1.54, 1.807) is 6.07 Å². The number of halogens is 1. The van der Waals surface area contributed by atoms with Gasteiger partial charge in [-0.2, -0.15) is 4.98 Å². The Morgan fingerprint density at radius 1 is 0.963 bits per heavy atom. The molecule has 0 amide bonds. The van der Waals surface area contributed by atoms with Gasteiger partial charge in [-0.1, -0.05) is 70.5 Å². The fraction of sp³-hybridized carbons (Fsp3) is 0.100. The lowest BCUT2D eigenvalue weighted by atomic mass is 10.1. The molecule has 2 aromatic heterocycles. The van der Waals surface area contributed by atoms with Crippen molar-refractivity contribution in [3.63, 3.8) is 0 Å². The molecule has 27 heavy (non-hydrogen) atoms. The summed E-state index contributed by atoms with van der Waals surface area (Å²) in [7, 11) is 0. The molecule has 2 aromatic carbocycles. The first-order valence-corrected chi connectivity index (χ1v) is 9.66. The molecule has 7 heteroatoms. The fourth-order valence-electron chi connectivity index (χ4n) is 2.48. The van der Waals surface area contributed by atoms with E-state index >= 15 is 0 Å². The average molecular weight is 395 g/mol. The second-order valence-corrected chi connectivity index (χ2v) is 7.31. The van der Waals surface area contributed by atoms with Gasteiger partial charge in [0.25, 0.3) is 0 Å². The number of hydrogen-bond acceptors (Lipinski definition) is 6. The Morgan fingerprint density at radius 3 is 2.52 bits per heavy atom. The largest absolute Gasteiger partial charge is 0.338 e. The van der Waals surface area contributed by atoms with Crippen LogP contribution < -0.4 is 0 Å². The van der Waals surface area contributed by atoms with Gasteiger partial charge in [0.05, 0.1) is 16.5 Å². The Morgan fingerprint density at radius 2 is 1.78 bits per heavy atom. The van der Waals surface area contributed by atoms with E-state index in [1.165, 1.54) is 17.3 Å². The molecule has 134 valence electrons. The summed E-state index contributed by atoms with van der Waals surface area (Å²) < 4.78 is 5.31. The summed E-state index contributed by atoms with van der Waals surface area (Å²) in [5.74, 6) is 1.51. The maximum atomic E-state index is 6.17. The zero-order chi connectivity index (χ0) is 18.6. The average Bonchev–Trinajstić information content (AvgIpc) is 3.17. The van der Waals surface area contributed by atoms with Gasteiger partial charge in [-0.25, -0.2) is 0 Å². The molecule has 5 nitrogen and oxygen atoms in total. The third-order valence-corrected chi connectivity index (χ3v) is 5.15. The number of benzene rings is 2. The molecule has 0 N–H and O–H groups in total. The molecule has 0 aliphatic heterocycles. The van der Waals surface area contributed by atoms with Crippen molar-refractivity contribution < 1.29 is 4.52 Å². The van der Waals surface area contributed by atoms with Crippen molar-refractivity contribution in [1.82, 2.24) is 20.3 Å². The Kier molecular flexibility index (Phi) is 5.18. The lowest BCUT2D eigenvalue weighted by Crippen LogP contribution is -1.90. The van der Waals surface area contributed by atoms with E-state index in [1.807, 2.05) is 42.5 Å². The molecule has 0 saturated heterocycles. The van der Waals surface area contributed by atoms with Crippen LogP contribution in [0, 0.1) is 6.92 Å². The Bertz CT molecular complexity index is 1050. The standard InChI is InChI=1S/C20H15ClN4OS/c1-13-6-8-14(9-7-13)17-10-11-19(24-23-17)27-12-18-22-20(25-26-18)15-4-2-3-5-16(15)21/h2-11H,12H2,1H3. The number of hydrogen-bond donors (Lipinski definition) is 0. The highest BCUT2D eigenvalue weighted by molar-refractivity contribution is 7.98. The lowest BCUT2D eigenvalue weighted by Gasteiger charge is -2.02. The van der Waals surface area contributed by atoms with Gasteiger partial charge in [0, 0.05) is 11.1 Å². The van der Waals surface area contributed by atoms with E-state index in [0.29, 0.717) is 22.5 Å². The van der Waals surface area contributed by atoms with Crippen molar-refractivity contribution in [1.29, 1.82) is 0 Å². The van der Waals surface area contributed by atoms with Gasteiger partial charge in [-0.3, -0.25) is 0 Å². The van der Waals surface area contributed by atoms with E-state index in [0.717, 1.165) is 21.8 Å². The quantitative estimate of drug-likeness (QED) is 0.419. The first-order valence-electron chi connectivity index (χ1n) is 8.30. The molecule has 0 bridgehead atoms. The SMILES string of the molecule is Cc1ccc(-c2ccc(SCc3nc(-c4ccccc4Cl)no3)nn2)cc1. The number of aryl methyl sites for hydroxylation is 1. The van der Waals surface area contributed by atoms with Crippen LogP contribution in [-0.2, 0) is 5.75 Å². The second-order valence-electron chi connectivity index (χ2n) is 5.90. The zero-order valence-corrected chi connectivity index (χ0v) is 16.0. The molecule has 0 atom stereocenters. The smallest absolute Gasteiger partial charge is 0.237 e. The summed E-state index contributed by atoms with van der Waals surface area (Å²) in [4.78, 5) is 4.40. The van der Waals surface area contributed by atoms with Crippen LogP contribution in [0.2, 0.25) is 5.02 Å². The van der Waals surface area contributed by atoms with E-state index in [2.05, 4.69) is 39.4 Å². The fourth-order valence-corrected chi connectivity index (χ4v) is 3.35. The van der Waals surface area contributed by atoms with Crippen molar-refractivity contribution in [2.24, 2.45) is 0 Å². The van der Waals surface area contributed by atoms with E-state index in [-0.39, 0.29) is 0 Å². The second kappa shape index (κ2) is 7.90. The number of aromatic nitrogens is 4. The van der Waals surface area contributed by atoms with E-state index in [4.69, 9.17) is 16.1 Å². The van der Waals surface area contributed by atoms with Crippen LogP contribution >= 0.6 is 23.4 Å². The summed E-state index contributed by atoms with van der Waals surface area (Å²) in [5.41, 5.74) is 3.86. The van der Waals surface area contributed by atoms with Gasteiger partial charge in [0.1, 0.15) is 5.03 Å². The van der Waals surface area contributed by atoms with Crippen LogP contribution in [0.25, 0.3) is 22.6 Å². The van der Waals surface area contributed by atoms with E-state index in [9.17, 15) is 0 Å². The summed E-state index contributed by atoms with van der Waals surface area (Å²) >= 11 is 7.66. The van der Waals surface area contributed by atoms with Crippen LogP contribution in [0.1, 0.15) is 11.5 Å². The van der Waals surface area contributed by atoms with Crippen molar-refractivity contribution in [3.8, 4) is 22.6 Å². The van der Waals surface area contributed by atoms with Crippen molar-refractivity contribution >= 4 is 23.4 Å². The summed E-state index contributed by atoms with van der Waals surface area (Å²) in [6.45, 7) is 2.06. The van der Waals surface area contributed by atoms with Crippen LogP contribution in [0.15, 0.2) is 70.2 Å². The minimum atomic E-state index is 0.483. The predicted octanol–water partition coefficient (Wildman–Crippen LogP) is 5.45. The van der Waals surface area contributed by atoms with Crippen molar-refractivity contribution in [3.05, 3.63) is 77.1 Å². The monoisotopic (exact) mass is 394 g/mol. The molecular formula is C20H15ClN4OS. The van der Waals surface area contributed by atoms with Gasteiger partial charge < -0.3 is 4.52 Å². The lowest BCUT2D eigenvalue weighted by molar-refractivity contribution is 0.391. The molecule has 2 heterocycles. The Labute approximate surface area is 165 Å². The van der Waals surface area contributed by atoms with Gasteiger partial charge in [-0.05, 0) is 31.2 Å². The third-order valence-electron chi connectivity index (χ3n) is 3.91. The molecule has 0 aliphatic carbocycles. The normalized spacial score (nSPS) is 10.9. The zero-order valence-electron chi connectivity index (χ0n) is 14.5. The van der Waals surface area contributed by atoms with E-state index < -0.39 is 0 Å². The molecule has 0 fully saturated rings. The molecular weight excluding hydrogens is 380 g/mol. The van der Waals surface area contributed by atoms with Crippen molar-refractivity contribution in [2.45, 2.75) is 17.7 Å². The van der Waals surface area contributed by atoms with Crippen LogP contribution in [0.3, 0.4) is 0 Å². The highest BCUT2D eigenvalue weighted by atomic mass is 35.5. The predicted molar refractivity (Wildman–Crippen MR) is 107 cm³/mol. The molecule has 0 radical (unpaired) electrons. The number of nitrogens with zero attached hydrogens (tertiary/aromatic N) is 4. The molecule has 0 unspecified atom stereocenters. The van der Waals surface area contributed by atoms with Crippen LogP contribution in [0.5, 0.6) is 0 Å².